The largest absolute Gasteiger partial charge is 0.310 e. The van der Waals surface area contributed by atoms with Crippen molar-refractivity contribution in [3.05, 3.63) is 22.2 Å². The van der Waals surface area contributed by atoms with Gasteiger partial charge in [0, 0.05) is 23.5 Å². The molecule has 1 saturated carbocycles. The molecule has 0 aromatic heterocycles. The van der Waals surface area contributed by atoms with Crippen LogP contribution < -0.4 is 9.62 Å². The number of carbonyl (C=O) groups is 1. The van der Waals surface area contributed by atoms with E-state index in [4.69, 9.17) is 0 Å². The number of sulfonamides is 1. The third kappa shape index (κ3) is 3.53. The molecule has 7 heteroatoms. The first kappa shape index (κ1) is 17.9. The number of fused-ring (bicyclic) bond motifs is 1. The minimum Gasteiger partial charge on any atom is -0.310 e. The number of nitrogens with one attached hydrogen (secondary N) is 1. The van der Waals surface area contributed by atoms with Gasteiger partial charge in [-0.25, -0.2) is 13.1 Å². The molecule has 1 N–H and O–H groups in total. The third-order valence-corrected chi connectivity index (χ3v) is 6.81. The molecule has 2 aliphatic rings. The molecule has 0 spiro atoms. The zero-order valence-electron chi connectivity index (χ0n) is 13.8. The minimum atomic E-state index is -3.66. The summed E-state index contributed by atoms with van der Waals surface area (Å²) in [6.07, 6.45) is 6.11. The highest BCUT2D eigenvalue weighted by Gasteiger charge is 2.33. The van der Waals surface area contributed by atoms with Crippen LogP contribution in [0.15, 0.2) is 21.5 Å². The highest BCUT2D eigenvalue weighted by atomic mass is 79.9. The van der Waals surface area contributed by atoms with E-state index in [1.54, 1.807) is 17.9 Å². The van der Waals surface area contributed by atoms with Crippen LogP contribution in [0.1, 0.15) is 51.0 Å². The maximum atomic E-state index is 13.0. The van der Waals surface area contributed by atoms with Crippen LogP contribution in [-0.4, -0.2) is 26.9 Å². The van der Waals surface area contributed by atoms with Gasteiger partial charge >= 0.3 is 0 Å². The van der Waals surface area contributed by atoms with Gasteiger partial charge in [0.05, 0.1) is 5.69 Å². The number of amides is 1. The molecule has 24 heavy (non-hydrogen) atoms. The SMILES string of the molecule is CCC(=O)N1CCc2cc(Br)cc(S(=O)(=O)NC3CCCCC3)c21. The van der Waals surface area contributed by atoms with Gasteiger partial charge in [-0.15, -0.1) is 0 Å². The van der Waals surface area contributed by atoms with Crippen LogP contribution in [0.4, 0.5) is 5.69 Å². The number of anilines is 1. The number of hydrogen-bond donors (Lipinski definition) is 1. The predicted octanol–water partition coefficient (Wildman–Crippen LogP) is 3.36. The third-order valence-electron chi connectivity index (χ3n) is 4.81. The van der Waals surface area contributed by atoms with E-state index in [0.717, 1.165) is 35.7 Å². The molecule has 5 nitrogen and oxygen atoms in total. The Morgan fingerprint density at radius 1 is 1.29 bits per heavy atom. The molecular formula is C17H23BrN2O3S. The van der Waals surface area contributed by atoms with Gasteiger partial charge in [0.1, 0.15) is 4.90 Å². The van der Waals surface area contributed by atoms with Crippen LogP contribution in [0.3, 0.4) is 0 Å². The van der Waals surface area contributed by atoms with Gasteiger partial charge in [-0.2, -0.15) is 0 Å². The lowest BCUT2D eigenvalue weighted by Gasteiger charge is -2.25. The van der Waals surface area contributed by atoms with Crippen molar-refractivity contribution in [1.29, 1.82) is 0 Å². The molecular weight excluding hydrogens is 392 g/mol. The molecule has 3 rings (SSSR count). The van der Waals surface area contributed by atoms with Crippen LogP contribution in [0.5, 0.6) is 0 Å². The molecule has 1 aromatic carbocycles. The van der Waals surface area contributed by atoms with Gasteiger partial charge in [-0.3, -0.25) is 4.79 Å². The fraction of sp³-hybridized carbons (Fsp3) is 0.588. The van der Waals surface area contributed by atoms with E-state index in [-0.39, 0.29) is 16.8 Å². The van der Waals surface area contributed by atoms with Crippen molar-refractivity contribution >= 4 is 37.5 Å². The van der Waals surface area contributed by atoms with Crippen molar-refractivity contribution in [2.24, 2.45) is 0 Å². The topological polar surface area (TPSA) is 66.5 Å². The Kier molecular flexibility index (Phi) is 5.32. The maximum absolute atomic E-state index is 13.0. The number of nitrogens with zero attached hydrogens (tertiary/aromatic N) is 1. The van der Waals surface area contributed by atoms with Crippen LogP contribution in [0.25, 0.3) is 0 Å². The molecule has 1 amide bonds. The van der Waals surface area contributed by atoms with E-state index in [1.165, 1.54) is 6.42 Å². The summed E-state index contributed by atoms with van der Waals surface area (Å²) in [4.78, 5) is 14.1. The van der Waals surface area contributed by atoms with Crippen LogP contribution in [0.2, 0.25) is 0 Å². The van der Waals surface area contributed by atoms with Crippen molar-refractivity contribution in [2.75, 3.05) is 11.4 Å². The molecule has 1 aliphatic heterocycles. The number of benzene rings is 1. The van der Waals surface area contributed by atoms with Crippen molar-refractivity contribution < 1.29 is 13.2 Å². The molecule has 1 aliphatic carbocycles. The van der Waals surface area contributed by atoms with Gasteiger partial charge < -0.3 is 4.90 Å². The molecule has 0 bridgehead atoms. The first-order chi connectivity index (χ1) is 11.4. The summed E-state index contributed by atoms with van der Waals surface area (Å²) in [7, 11) is -3.66. The molecule has 0 saturated heterocycles. The number of rotatable bonds is 4. The monoisotopic (exact) mass is 414 g/mol. The lowest BCUT2D eigenvalue weighted by Crippen LogP contribution is -2.37. The molecule has 0 radical (unpaired) electrons. The van der Waals surface area contributed by atoms with E-state index in [9.17, 15) is 13.2 Å². The van der Waals surface area contributed by atoms with Crippen molar-refractivity contribution in [3.8, 4) is 0 Å². The van der Waals surface area contributed by atoms with Crippen LogP contribution in [0, 0.1) is 0 Å². The van der Waals surface area contributed by atoms with Crippen molar-refractivity contribution in [1.82, 2.24) is 4.72 Å². The van der Waals surface area contributed by atoms with E-state index < -0.39 is 10.0 Å². The summed E-state index contributed by atoms with van der Waals surface area (Å²) < 4.78 is 29.6. The standard InChI is InChI=1S/C17H23BrN2O3S/c1-2-16(21)20-9-8-12-10-13(18)11-15(17(12)20)24(22,23)19-14-6-4-3-5-7-14/h10-11,14,19H,2-9H2,1H3. The second-order valence-corrected chi connectivity index (χ2v) is 9.11. The van der Waals surface area contributed by atoms with Gasteiger partial charge in [0.25, 0.3) is 0 Å². The van der Waals surface area contributed by atoms with E-state index in [1.807, 2.05) is 6.07 Å². The lowest BCUT2D eigenvalue weighted by atomic mass is 9.96. The first-order valence-corrected chi connectivity index (χ1v) is 10.8. The van der Waals surface area contributed by atoms with Crippen molar-refractivity contribution in [2.45, 2.75) is 62.8 Å². The second kappa shape index (κ2) is 7.14. The first-order valence-electron chi connectivity index (χ1n) is 8.57. The normalized spacial score (nSPS) is 18.7. The summed E-state index contributed by atoms with van der Waals surface area (Å²) >= 11 is 3.41. The predicted molar refractivity (Wildman–Crippen MR) is 97.7 cm³/mol. The smallest absolute Gasteiger partial charge is 0.242 e. The highest BCUT2D eigenvalue weighted by molar-refractivity contribution is 9.10. The lowest BCUT2D eigenvalue weighted by molar-refractivity contribution is -0.118. The second-order valence-electron chi connectivity index (χ2n) is 6.52. The van der Waals surface area contributed by atoms with Crippen LogP contribution >= 0.6 is 15.9 Å². The quantitative estimate of drug-likeness (QED) is 0.820. The van der Waals surface area contributed by atoms with Gasteiger partial charge in [-0.05, 0) is 37.0 Å². The van der Waals surface area contributed by atoms with Crippen molar-refractivity contribution in [3.63, 3.8) is 0 Å². The van der Waals surface area contributed by atoms with Gasteiger partial charge in [-0.1, -0.05) is 42.1 Å². The summed E-state index contributed by atoms with van der Waals surface area (Å²) in [5.41, 5.74) is 1.48. The summed E-state index contributed by atoms with van der Waals surface area (Å²) in [6.45, 7) is 2.35. The average Bonchev–Trinajstić information content (AvgIpc) is 2.97. The Hall–Kier alpha value is -0.920. The molecule has 1 aromatic rings. The number of halogens is 1. The van der Waals surface area contributed by atoms with E-state index >= 15 is 0 Å². The Balaban J connectivity index is 1.99. The Bertz CT molecular complexity index is 742. The van der Waals surface area contributed by atoms with E-state index in [0.29, 0.717) is 25.1 Å². The molecule has 0 unspecified atom stereocenters. The fourth-order valence-electron chi connectivity index (χ4n) is 3.62. The molecule has 132 valence electrons. The molecule has 1 fully saturated rings. The molecule has 0 atom stereocenters. The zero-order chi connectivity index (χ0) is 17.3. The van der Waals surface area contributed by atoms with Gasteiger partial charge in [0.15, 0.2) is 0 Å². The number of hydrogen-bond acceptors (Lipinski definition) is 3. The highest BCUT2D eigenvalue weighted by Crippen LogP contribution is 2.38. The Morgan fingerprint density at radius 2 is 2.00 bits per heavy atom. The van der Waals surface area contributed by atoms with E-state index in [2.05, 4.69) is 20.7 Å². The zero-order valence-corrected chi connectivity index (χ0v) is 16.2. The molecule has 1 heterocycles. The fourth-order valence-corrected chi connectivity index (χ4v) is 5.85. The number of carbonyl (C=O) groups excluding carboxylic acids is 1. The average molecular weight is 415 g/mol. The van der Waals surface area contributed by atoms with Crippen LogP contribution in [-0.2, 0) is 21.2 Å². The summed E-state index contributed by atoms with van der Waals surface area (Å²) in [6, 6.07) is 3.53. The Morgan fingerprint density at radius 3 is 2.67 bits per heavy atom. The van der Waals surface area contributed by atoms with Gasteiger partial charge in [0.2, 0.25) is 15.9 Å². The Labute approximate surface area is 152 Å². The summed E-state index contributed by atoms with van der Waals surface area (Å²) in [5.74, 6) is -0.0369. The minimum absolute atomic E-state index is 0.00453. The maximum Gasteiger partial charge on any atom is 0.242 e. The summed E-state index contributed by atoms with van der Waals surface area (Å²) in [5, 5.41) is 0.